The number of nitrogens with zero attached hydrogens (tertiary/aromatic N) is 1. The monoisotopic (exact) mass is 400 g/mol. The van der Waals surface area contributed by atoms with Gasteiger partial charge in [-0.25, -0.2) is 12.7 Å². The van der Waals surface area contributed by atoms with E-state index >= 15 is 0 Å². The van der Waals surface area contributed by atoms with Crippen molar-refractivity contribution >= 4 is 33.4 Å². The van der Waals surface area contributed by atoms with Gasteiger partial charge >= 0.3 is 0 Å². The number of carbonyl (C=O) groups excluding carboxylic acids is 1. The van der Waals surface area contributed by atoms with Gasteiger partial charge in [-0.2, -0.15) is 8.78 Å². The summed E-state index contributed by atoms with van der Waals surface area (Å²) in [5.74, 6) is -2.99. The van der Waals surface area contributed by atoms with Crippen molar-refractivity contribution in [1.29, 1.82) is 0 Å². The Morgan fingerprint density at radius 1 is 1.12 bits per heavy atom. The first-order valence-electron chi connectivity index (χ1n) is 7.50. The van der Waals surface area contributed by atoms with Crippen molar-refractivity contribution in [2.45, 2.75) is 22.5 Å². The van der Waals surface area contributed by atoms with Gasteiger partial charge in [-0.3, -0.25) is 4.79 Å². The summed E-state index contributed by atoms with van der Waals surface area (Å²) in [7, 11) is -0.779. The highest BCUT2D eigenvalue weighted by Gasteiger charge is 2.19. The Labute approximate surface area is 155 Å². The van der Waals surface area contributed by atoms with Gasteiger partial charge < -0.3 is 5.32 Å². The smallest absolute Gasteiger partial charge is 0.288 e. The highest BCUT2D eigenvalue weighted by molar-refractivity contribution is 7.99. The number of hydrogen-bond acceptors (Lipinski definition) is 4. The largest absolute Gasteiger partial charge is 0.322 e. The zero-order valence-corrected chi connectivity index (χ0v) is 16.0. The van der Waals surface area contributed by atoms with Crippen LogP contribution in [0.5, 0.6) is 0 Å². The van der Waals surface area contributed by atoms with Crippen LogP contribution >= 0.6 is 11.8 Å². The zero-order chi connectivity index (χ0) is 19.5. The van der Waals surface area contributed by atoms with Crippen molar-refractivity contribution in [3.05, 3.63) is 53.6 Å². The van der Waals surface area contributed by atoms with E-state index < -0.39 is 21.7 Å². The number of thioether (sulfide) groups is 1. The van der Waals surface area contributed by atoms with Gasteiger partial charge in [-0.1, -0.05) is 17.8 Å². The van der Waals surface area contributed by atoms with Crippen LogP contribution in [-0.2, 0) is 10.0 Å². The molecule has 0 spiro atoms. The van der Waals surface area contributed by atoms with Gasteiger partial charge in [-0.15, -0.1) is 0 Å². The second-order valence-electron chi connectivity index (χ2n) is 5.62. The van der Waals surface area contributed by atoms with Crippen LogP contribution in [0.15, 0.2) is 52.3 Å². The van der Waals surface area contributed by atoms with Crippen molar-refractivity contribution in [3.8, 4) is 0 Å². The molecule has 0 fully saturated rings. The molecule has 0 heterocycles. The zero-order valence-electron chi connectivity index (χ0n) is 14.4. The highest BCUT2D eigenvalue weighted by Crippen LogP contribution is 2.26. The molecule has 0 aromatic heterocycles. The van der Waals surface area contributed by atoms with Gasteiger partial charge in [0.05, 0.1) is 4.90 Å². The Balaban J connectivity index is 2.23. The lowest BCUT2D eigenvalue weighted by Gasteiger charge is -2.14. The van der Waals surface area contributed by atoms with Gasteiger partial charge in [-0.05, 0) is 48.9 Å². The summed E-state index contributed by atoms with van der Waals surface area (Å²) in [6.07, 6.45) is 0. The van der Waals surface area contributed by atoms with Crippen molar-refractivity contribution in [2.75, 3.05) is 19.4 Å². The molecule has 2 rings (SSSR count). The molecule has 0 unspecified atom stereocenters. The minimum atomic E-state index is -3.63. The molecular weight excluding hydrogens is 382 g/mol. The van der Waals surface area contributed by atoms with Crippen LogP contribution in [0.3, 0.4) is 0 Å². The number of alkyl halides is 2. The fourth-order valence-electron chi connectivity index (χ4n) is 2.09. The number of hydrogen-bond donors (Lipinski definition) is 1. The van der Waals surface area contributed by atoms with E-state index in [4.69, 9.17) is 0 Å². The van der Waals surface area contributed by atoms with Crippen molar-refractivity contribution < 1.29 is 22.0 Å². The third kappa shape index (κ3) is 4.80. The van der Waals surface area contributed by atoms with E-state index in [0.29, 0.717) is 27.9 Å². The standard InChI is InChI=1S/C17H18F2N2O3S2/c1-11-4-9-14(26(23,24)21(2)3)10-15(11)20-16(22)12-5-7-13(8-6-12)25-17(18)19/h4-10,17H,1-3H3,(H,20,22). The summed E-state index contributed by atoms with van der Waals surface area (Å²) >= 11 is 0.396. The molecule has 0 radical (unpaired) electrons. The summed E-state index contributed by atoms with van der Waals surface area (Å²) in [6.45, 7) is 1.74. The molecule has 26 heavy (non-hydrogen) atoms. The molecule has 1 amide bonds. The molecule has 0 aliphatic heterocycles. The maximum Gasteiger partial charge on any atom is 0.288 e. The minimum absolute atomic E-state index is 0.0621. The van der Waals surface area contributed by atoms with E-state index in [1.54, 1.807) is 13.0 Å². The van der Waals surface area contributed by atoms with Crippen molar-refractivity contribution in [2.24, 2.45) is 0 Å². The Hall–Kier alpha value is -1.97. The summed E-state index contributed by atoms with van der Waals surface area (Å²) in [5.41, 5.74) is 1.34. The maximum absolute atomic E-state index is 12.4. The molecule has 0 saturated carbocycles. The molecule has 2 aromatic carbocycles. The molecule has 9 heteroatoms. The van der Waals surface area contributed by atoms with Crippen LogP contribution in [0.25, 0.3) is 0 Å². The van der Waals surface area contributed by atoms with Crippen LogP contribution in [0.4, 0.5) is 14.5 Å². The number of carbonyl (C=O) groups is 1. The molecule has 5 nitrogen and oxygen atoms in total. The van der Waals surface area contributed by atoms with E-state index in [-0.39, 0.29) is 10.5 Å². The topological polar surface area (TPSA) is 66.5 Å². The Morgan fingerprint density at radius 2 is 1.73 bits per heavy atom. The molecule has 1 N–H and O–H groups in total. The number of sulfonamides is 1. The molecule has 0 bridgehead atoms. The van der Waals surface area contributed by atoms with E-state index in [2.05, 4.69) is 5.32 Å². The van der Waals surface area contributed by atoms with E-state index in [1.807, 2.05) is 0 Å². The summed E-state index contributed by atoms with van der Waals surface area (Å²) < 4.78 is 50.2. The number of benzene rings is 2. The van der Waals surface area contributed by atoms with E-state index in [0.717, 1.165) is 4.31 Å². The second kappa shape index (κ2) is 8.15. The van der Waals surface area contributed by atoms with Crippen molar-refractivity contribution in [1.82, 2.24) is 4.31 Å². The van der Waals surface area contributed by atoms with Gasteiger partial charge in [0.1, 0.15) is 0 Å². The highest BCUT2D eigenvalue weighted by atomic mass is 32.2. The molecule has 0 aliphatic carbocycles. The summed E-state index contributed by atoms with van der Waals surface area (Å²) in [6, 6.07) is 10.2. The second-order valence-corrected chi connectivity index (χ2v) is 8.84. The molecular formula is C17H18F2N2O3S2. The van der Waals surface area contributed by atoms with Gasteiger partial charge in [0.2, 0.25) is 10.0 Å². The van der Waals surface area contributed by atoms with Crippen LogP contribution < -0.4 is 5.32 Å². The molecule has 0 atom stereocenters. The predicted octanol–water partition coefficient (Wildman–Crippen LogP) is 3.81. The lowest BCUT2D eigenvalue weighted by molar-refractivity contribution is 0.102. The Bertz CT molecular complexity index is 899. The third-order valence-corrected chi connectivity index (χ3v) is 6.11. The summed E-state index contributed by atoms with van der Waals surface area (Å²) in [5, 5.41) is 2.66. The first-order valence-corrected chi connectivity index (χ1v) is 9.82. The van der Waals surface area contributed by atoms with Gasteiger partial charge in [0.15, 0.2) is 0 Å². The minimum Gasteiger partial charge on any atom is -0.322 e. The first-order chi connectivity index (χ1) is 12.1. The predicted molar refractivity (Wildman–Crippen MR) is 98.3 cm³/mol. The molecule has 2 aromatic rings. The Kier molecular flexibility index (Phi) is 6.38. The number of aryl methyl sites for hydroxylation is 1. The average molecular weight is 400 g/mol. The molecule has 0 aliphatic rings. The van der Waals surface area contributed by atoms with Gasteiger partial charge in [0.25, 0.3) is 11.7 Å². The van der Waals surface area contributed by atoms with Crippen LogP contribution in [0, 0.1) is 6.92 Å². The SMILES string of the molecule is Cc1ccc(S(=O)(=O)N(C)C)cc1NC(=O)c1ccc(SC(F)F)cc1. The third-order valence-electron chi connectivity index (χ3n) is 3.58. The first kappa shape index (κ1) is 20.3. The van der Waals surface area contributed by atoms with Gasteiger partial charge in [0, 0.05) is 30.2 Å². The number of anilines is 1. The normalized spacial score (nSPS) is 11.8. The fraction of sp³-hybridized carbons (Fsp3) is 0.235. The Morgan fingerprint density at radius 3 is 2.27 bits per heavy atom. The van der Waals surface area contributed by atoms with E-state index in [1.165, 1.54) is 50.5 Å². The van der Waals surface area contributed by atoms with Crippen LogP contribution in [-0.4, -0.2) is 38.5 Å². The molecule has 140 valence electrons. The van der Waals surface area contributed by atoms with E-state index in [9.17, 15) is 22.0 Å². The average Bonchev–Trinajstić information content (AvgIpc) is 2.56. The summed E-state index contributed by atoms with van der Waals surface area (Å²) in [4.78, 5) is 12.8. The quantitative estimate of drug-likeness (QED) is 0.749. The van der Waals surface area contributed by atoms with Crippen LogP contribution in [0.2, 0.25) is 0 Å². The van der Waals surface area contributed by atoms with Crippen molar-refractivity contribution in [3.63, 3.8) is 0 Å². The number of nitrogens with one attached hydrogen (secondary N) is 1. The number of rotatable bonds is 6. The lowest BCUT2D eigenvalue weighted by Crippen LogP contribution is -2.22. The lowest BCUT2D eigenvalue weighted by atomic mass is 10.1. The van der Waals surface area contributed by atoms with Crippen LogP contribution in [0.1, 0.15) is 15.9 Å². The molecule has 0 saturated heterocycles. The number of amides is 1. The fourth-order valence-corrected chi connectivity index (χ4v) is 3.52. The number of halogens is 2. The maximum atomic E-state index is 12.4.